The number of ether oxygens (including phenoxy) is 1. The van der Waals surface area contributed by atoms with Crippen LogP contribution in [0.25, 0.3) is 0 Å². The predicted octanol–water partition coefficient (Wildman–Crippen LogP) is 1.75. The number of rotatable bonds is 1. The molecule has 0 aliphatic heterocycles. The van der Waals surface area contributed by atoms with Crippen molar-refractivity contribution in [3.63, 3.8) is 0 Å². The highest BCUT2D eigenvalue weighted by Crippen LogP contribution is 2.72. The molecule has 4 fully saturated rings. The topological polar surface area (TPSA) is 104 Å². The van der Waals surface area contributed by atoms with Crippen molar-refractivity contribution in [3.8, 4) is 0 Å². The molecule has 0 aromatic heterocycles. The van der Waals surface area contributed by atoms with Crippen LogP contribution in [0.4, 0.5) is 0 Å². The minimum Gasteiger partial charge on any atom is -0.462 e. The first-order valence-electron chi connectivity index (χ1n) is 10.3. The standard InChI is InChI=1S/C22H32O6/c1-11-13-6-9-21(27)20(5)8-7-16(28-12(2)23)19(3,4)14(20)10-15(24)22(21,17(11)25)18(13)26/h13-16,18,24,26-27H,1,6-10H2,2-5H3/t13?,14-,15+,16-,18?,20+,21+,22+/m0/s1. The fraction of sp³-hybridized carbons (Fsp3) is 0.818. The molecule has 3 N–H and O–H groups in total. The smallest absolute Gasteiger partial charge is 0.302 e. The molecular formula is C22H32O6. The third-order valence-corrected chi connectivity index (χ3v) is 9.12. The number of aliphatic hydroxyl groups excluding tert-OH is 2. The molecule has 0 aromatic rings. The number of Topliss-reactive ketones (excluding diaryl/α,β-unsaturated/α-hetero) is 1. The maximum absolute atomic E-state index is 13.3. The van der Waals surface area contributed by atoms with E-state index < -0.39 is 40.0 Å². The van der Waals surface area contributed by atoms with Gasteiger partial charge in [0.2, 0.25) is 0 Å². The van der Waals surface area contributed by atoms with Gasteiger partial charge in [0.25, 0.3) is 0 Å². The first-order valence-corrected chi connectivity index (χ1v) is 10.3. The number of aliphatic hydroxyl groups is 3. The van der Waals surface area contributed by atoms with Crippen LogP contribution in [-0.4, -0.2) is 51.0 Å². The Morgan fingerprint density at radius 3 is 2.43 bits per heavy atom. The molecule has 1 spiro atoms. The van der Waals surface area contributed by atoms with Crippen LogP contribution in [0.15, 0.2) is 12.2 Å². The summed E-state index contributed by atoms with van der Waals surface area (Å²) in [6, 6.07) is 0. The highest BCUT2D eigenvalue weighted by molar-refractivity contribution is 6.05. The zero-order valence-corrected chi connectivity index (χ0v) is 17.2. The van der Waals surface area contributed by atoms with E-state index >= 15 is 0 Å². The number of esters is 1. The summed E-state index contributed by atoms with van der Waals surface area (Å²) in [4.78, 5) is 24.9. The minimum absolute atomic E-state index is 0.172. The van der Waals surface area contributed by atoms with E-state index in [2.05, 4.69) is 6.58 Å². The number of hydrogen-bond acceptors (Lipinski definition) is 6. The van der Waals surface area contributed by atoms with Gasteiger partial charge >= 0.3 is 5.97 Å². The summed E-state index contributed by atoms with van der Waals surface area (Å²) in [7, 11) is 0. The number of carbonyl (C=O) groups is 2. The van der Waals surface area contributed by atoms with Crippen molar-refractivity contribution >= 4 is 11.8 Å². The molecule has 6 heteroatoms. The van der Waals surface area contributed by atoms with Gasteiger partial charge in [-0.15, -0.1) is 0 Å². The van der Waals surface area contributed by atoms with Crippen molar-refractivity contribution in [3.05, 3.63) is 12.2 Å². The maximum Gasteiger partial charge on any atom is 0.302 e. The van der Waals surface area contributed by atoms with Crippen molar-refractivity contribution < 1.29 is 29.6 Å². The molecule has 4 rings (SSSR count). The van der Waals surface area contributed by atoms with Gasteiger partial charge in [-0.3, -0.25) is 9.59 Å². The zero-order chi connectivity index (χ0) is 20.9. The Morgan fingerprint density at radius 2 is 1.82 bits per heavy atom. The fourth-order valence-electron chi connectivity index (χ4n) is 7.70. The number of fused-ring (bicyclic) bond motifs is 3. The van der Waals surface area contributed by atoms with Gasteiger partial charge in [-0.2, -0.15) is 0 Å². The average Bonchev–Trinajstić information content (AvgIpc) is 2.72. The average molecular weight is 392 g/mol. The van der Waals surface area contributed by atoms with Gasteiger partial charge in [0.05, 0.1) is 17.8 Å². The molecule has 4 saturated carbocycles. The third kappa shape index (κ3) is 1.95. The van der Waals surface area contributed by atoms with E-state index in [1.54, 1.807) is 0 Å². The molecule has 2 bridgehead atoms. The van der Waals surface area contributed by atoms with Crippen molar-refractivity contribution in [2.45, 2.75) is 83.7 Å². The SMILES string of the molecule is C=C1C(=O)[C@]23C(O)C1CC[C@@]2(O)[C@]1(C)CC[C@H](OC(C)=O)C(C)(C)[C@@H]1C[C@H]3O. The minimum atomic E-state index is -1.61. The highest BCUT2D eigenvalue weighted by atomic mass is 16.5. The lowest BCUT2D eigenvalue weighted by molar-refractivity contribution is -0.313. The molecule has 2 unspecified atom stereocenters. The quantitative estimate of drug-likeness (QED) is 0.464. The van der Waals surface area contributed by atoms with Crippen LogP contribution in [0.5, 0.6) is 0 Å². The normalized spacial score (nSPS) is 52.0. The second kappa shape index (κ2) is 5.67. The van der Waals surface area contributed by atoms with E-state index in [1.807, 2.05) is 20.8 Å². The molecule has 28 heavy (non-hydrogen) atoms. The fourth-order valence-corrected chi connectivity index (χ4v) is 7.70. The number of carbonyl (C=O) groups excluding carboxylic acids is 2. The Hall–Kier alpha value is -1.24. The van der Waals surface area contributed by atoms with Crippen molar-refractivity contribution in [2.75, 3.05) is 0 Å². The number of ketones is 1. The summed E-state index contributed by atoms with van der Waals surface area (Å²) in [6.07, 6.45) is -0.381. The van der Waals surface area contributed by atoms with Gasteiger partial charge in [0, 0.05) is 23.7 Å². The van der Waals surface area contributed by atoms with E-state index in [9.17, 15) is 24.9 Å². The largest absolute Gasteiger partial charge is 0.462 e. The molecule has 4 aliphatic rings. The van der Waals surface area contributed by atoms with Crippen LogP contribution in [0.3, 0.4) is 0 Å². The monoisotopic (exact) mass is 392 g/mol. The van der Waals surface area contributed by atoms with Crippen LogP contribution in [0.2, 0.25) is 0 Å². The maximum atomic E-state index is 13.3. The van der Waals surface area contributed by atoms with Crippen LogP contribution in [0.1, 0.15) is 59.8 Å². The molecule has 0 heterocycles. The van der Waals surface area contributed by atoms with E-state index in [0.717, 1.165) is 0 Å². The second-order valence-corrected chi connectivity index (χ2v) is 10.4. The van der Waals surface area contributed by atoms with E-state index in [1.165, 1.54) is 6.92 Å². The molecule has 0 radical (unpaired) electrons. The van der Waals surface area contributed by atoms with Crippen LogP contribution in [-0.2, 0) is 14.3 Å². The van der Waals surface area contributed by atoms with Crippen molar-refractivity contribution in [2.24, 2.45) is 28.1 Å². The van der Waals surface area contributed by atoms with Gasteiger partial charge in [-0.25, -0.2) is 0 Å². The van der Waals surface area contributed by atoms with Crippen LogP contribution < -0.4 is 0 Å². The first kappa shape index (κ1) is 20.0. The van der Waals surface area contributed by atoms with Gasteiger partial charge in [-0.1, -0.05) is 27.4 Å². The predicted molar refractivity (Wildman–Crippen MR) is 101 cm³/mol. The van der Waals surface area contributed by atoms with Gasteiger partial charge in [0.1, 0.15) is 11.5 Å². The van der Waals surface area contributed by atoms with Crippen molar-refractivity contribution in [1.82, 2.24) is 0 Å². The van der Waals surface area contributed by atoms with Gasteiger partial charge < -0.3 is 20.1 Å². The summed E-state index contributed by atoms with van der Waals surface area (Å²) < 4.78 is 5.59. The number of hydrogen-bond donors (Lipinski definition) is 3. The van der Waals surface area contributed by atoms with Crippen LogP contribution >= 0.6 is 0 Å². The lowest BCUT2D eigenvalue weighted by Gasteiger charge is -2.69. The second-order valence-electron chi connectivity index (χ2n) is 10.4. The summed E-state index contributed by atoms with van der Waals surface area (Å²) >= 11 is 0. The molecular weight excluding hydrogens is 360 g/mol. The molecule has 0 saturated heterocycles. The Labute approximate surface area is 166 Å². The third-order valence-electron chi connectivity index (χ3n) is 9.12. The van der Waals surface area contributed by atoms with E-state index in [4.69, 9.17) is 4.74 Å². The molecule has 156 valence electrons. The molecule has 6 nitrogen and oxygen atoms in total. The highest BCUT2D eigenvalue weighted by Gasteiger charge is 2.81. The van der Waals surface area contributed by atoms with E-state index in [0.29, 0.717) is 31.3 Å². The van der Waals surface area contributed by atoms with E-state index in [-0.39, 0.29) is 30.2 Å². The summed E-state index contributed by atoms with van der Waals surface area (Å²) in [5.41, 5.74) is -4.00. The first-order chi connectivity index (χ1) is 12.9. The van der Waals surface area contributed by atoms with Gasteiger partial charge in [-0.05, 0) is 43.6 Å². The summed E-state index contributed by atoms with van der Waals surface area (Å²) in [5, 5.41) is 34.5. The zero-order valence-electron chi connectivity index (χ0n) is 17.2. The molecule has 4 aliphatic carbocycles. The Kier molecular flexibility index (Phi) is 4.06. The Balaban J connectivity index is 1.85. The lowest BCUT2D eigenvalue weighted by Crippen LogP contribution is -2.77. The Bertz CT molecular complexity index is 758. The molecule has 0 aromatic carbocycles. The van der Waals surface area contributed by atoms with Crippen LogP contribution in [0, 0.1) is 28.1 Å². The van der Waals surface area contributed by atoms with Crippen molar-refractivity contribution in [1.29, 1.82) is 0 Å². The Morgan fingerprint density at radius 1 is 1.18 bits per heavy atom. The summed E-state index contributed by atoms with van der Waals surface area (Å²) in [6.45, 7) is 11.3. The molecule has 0 amide bonds. The summed E-state index contributed by atoms with van der Waals surface area (Å²) in [5.74, 6) is -1.29. The lowest BCUT2D eigenvalue weighted by atomic mass is 9.37. The van der Waals surface area contributed by atoms with Gasteiger partial charge in [0.15, 0.2) is 5.78 Å². The molecule has 8 atom stereocenters.